The van der Waals surface area contributed by atoms with E-state index in [-0.39, 0.29) is 5.28 Å². The summed E-state index contributed by atoms with van der Waals surface area (Å²) in [6, 6.07) is 0.331. The largest absolute Gasteiger partial charge is 0.463 e. The molecular formula is C12H19ClN4O. The van der Waals surface area contributed by atoms with Crippen LogP contribution in [0, 0.1) is 5.92 Å². The van der Waals surface area contributed by atoms with Crippen molar-refractivity contribution in [1.29, 1.82) is 0 Å². The van der Waals surface area contributed by atoms with Gasteiger partial charge < -0.3 is 9.64 Å². The van der Waals surface area contributed by atoms with Crippen molar-refractivity contribution >= 4 is 17.5 Å². The Labute approximate surface area is 113 Å². The van der Waals surface area contributed by atoms with Crippen LogP contribution in [0.15, 0.2) is 0 Å². The molecule has 1 aromatic heterocycles. The first-order valence-electron chi connectivity index (χ1n) is 6.52. The van der Waals surface area contributed by atoms with Crippen molar-refractivity contribution in [3.8, 4) is 6.01 Å². The Balaban J connectivity index is 1.99. The average Bonchev–Trinajstić information content (AvgIpc) is 3.14. The number of aromatic nitrogens is 3. The molecule has 5 nitrogen and oxygen atoms in total. The quantitative estimate of drug-likeness (QED) is 0.762. The topological polar surface area (TPSA) is 51.1 Å². The zero-order valence-corrected chi connectivity index (χ0v) is 11.7. The molecule has 1 aliphatic rings. The summed E-state index contributed by atoms with van der Waals surface area (Å²) in [6.07, 6.45) is 3.72. The fourth-order valence-electron chi connectivity index (χ4n) is 1.76. The lowest BCUT2D eigenvalue weighted by Crippen LogP contribution is -2.24. The number of hydrogen-bond donors (Lipinski definition) is 0. The Morgan fingerprint density at radius 2 is 1.94 bits per heavy atom. The Morgan fingerprint density at radius 3 is 2.56 bits per heavy atom. The second kappa shape index (κ2) is 6.18. The lowest BCUT2D eigenvalue weighted by molar-refractivity contribution is 0.278. The van der Waals surface area contributed by atoms with Crippen molar-refractivity contribution in [3.63, 3.8) is 0 Å². The molecule has 0 spiro atoms. The van der Waals surface area contributed by atoms with Crippen LogP contribution in [0.25, 0.3) is 0 Å². The minimum atomic E-state index is 0.188. The van der Waals surface area contributed by atoms with Gasteiger partial charge in [0.1, 0.15) is 0 Å². The van der Waals surface area contributed by atoms with Crippen molar-refractivity contribution in [3.05, 3.63) is 5.28 Å². The fraction of sp³-hybridized carbons (Fsp3) is 0.750. The van der Waals surface area contributed by atoms with E-state index in [4.69, 9.17) is 16.3 Å². The van der Waals surface area contributed by atoms with E-state index in [9.17, 15) is 0 Å². The first-order valence-corrected chi connectivity index (χ1v) is 6.90. The molecule has 1 heterocycles. The Morgan fingerprint density at radius 1 is 1.22 bits per heavy atom. The minimum Gasteiger partial charge on any atom is -0.463 e. The number of hydrogen-bond acceptors (Lipinski definition) is 5. The second-order valence-corrected chi connectivity index (χ2v) is 4.78. The van der Waals surface area contributed by atoms with Gasteiger partial charge >= 0.3 is 6.01 Å². The van der Waals surface area contributed by atoms with Gasteiger partial charge in [0, 0.05) is 13.1 Å². The van der Waals surface area contributed by atoms with Crippen LogP contribution in [0.4, 0.5) is 5.95 Å². The Kier molecular flexibility index (Phi) is 4.58. The van der Waals surface area contributed by atoms with Gasteiger partial charge in [0.05, 0.1) is 6.61 Å². The molecule has 1 fully saturated rings. The number of ether oxygens (including phenoxy) is 1. The van der Waals surface area contributed by atoms with Gasteiger partial charge in [0.15, 0.2) is 0 Å². The van der Waals surface area contributed by atoms with E-state index in [1.165, 1.54) is 12.8 Å². The van der Waals surface area contributed by atoms with Gasteiger partial charge in [0.2, 0.25) is 11.2 Å². The Bertz CT molecular complexity index is 394. The third-order valence-electron chi connectivity index (χ3n) is 3.08. The van der Waals surface area contributed by atoms with Crippen LogP contribution >= 0.6 is 11.6 Å². The van der Waals surface area contributed by atoms with Crippen LogP contribution in [0.2, 0.25) is 5.28 Å². The maximum atomic E-state index is 5.89. The predicted octanol–water partition coefficient (Wildman–Crippen LogP) is 2.55. The van der Waals surface area contributed by atoms with E-state index in [1.807, 2.05) is 4.90 Å². The number of anilines is 1. The fourth-order valence-corrected chi connectivity index (χ4v) is 1.91. The van der Waals surface area contributed by atoms with E-state index in [1.54, 1.807) is 0 Å². The highest BCUT2D eigenvalue weighted by Gasteiger charge is 2.21. The third-order valence-corrected chi connectivity index (χ3v) is 3.25. The summed E-state index contributed by atoms with van der Waals surface area (Å²) in [4.78, 5) is 14.4. The molecule has 0 aliphatic heterocycles. The molecule has 0 bridgehead atoms. The molecule has 6 heteroatoms. The lowest BCUT2D eigenvalue weighted by atomic mass is 10.3. The van der Waals surface area contributed by atoms with Crippen molar-refractivity contribution in [2.24, 2.45) is 5.92 Å². The van der Waals surface area contributed by atoms with Gasteiger partial charge in [-0.05, 0) is 37.8 Å². The molecule has 0 radical (unpaired) electrons. The SMILES string of the molecule is CCN(CC)c1nc(Cl)nc(OCCC2CC2)n1. The zero-order chi connectivity index (χ0) is 13.0. The molecule has 0 saturated heterocycles. The first kappa shape index (κ1) is 13.3. The predicted molar refractivity (Wildman–Crippen MR) is 71.2 cm³/mol. The van der Waals surface area contributed by atoms with Crippen LogP contribution in [0.3, 0.4) is 0 Å². The molecule has 0 unspecified atom stereocenters. The van der Waals surface area contributed by atoms with Gasteiger partial charge in [0.25, 0.3) is 0 Å². The summed E-state index contributed by atoms with van der Waals surface area (Å²) in [5.74, 6) is 1.42. The van der Waals surface area contributed by atoms with Crippen molar-refractivity contribution in [1.82, 2.24) is 15.0 Å². The monoisotopic (exact) mass is 270 g/mol. The molecule has 0 N–H and O–H groups in total. The van der Waals surface area contributed by atoms with E-state index in [2.05, 4.69) is 28.8 Å². The van der Waals surface area contributed by atoms with Crippen LogP contribution in [-0.2, 0) is 0 Å². The smallest absolute Gasteiger partial charge is 0.322 e. The molecule has 100 valence electrons. The van der Waals surface area contributed by atoms with Crippen LogP contribution in [-0.4, -0.2) is 34.6 Å². The van der Waals surface area contributed by atoms with Gasteiger partial charge in [-0.2, -0.15) is 15.0 Å². The van der Waals surface area contributed by atoms with Crippen molar-refractivity contribution in [2.75, 3.05) is 24.6 Å². The van der Waals surface area contributed by atoms with E-state index in [0.717, 1.165) is 25.4 Å². The van der Waals surface area contributed by atoms with Crippen LogP contribution in [0.5, 0.6) is 6.01 Å². The van der Waals surface area contributed by atoms with Crippen molar-refractivity contribution in [2.45, 2.75) is 33.1 Å². The van der Waals surface area contributed by atoms with Crippen molar-refractivity contribution < 1.29 is 4.74 Å². The molecule has 18 heavy (non-hydrogen) atoms. The standard InChI is InChI=1S/C12H19ClN4O/c1-3-17(4-2)11-14-10(13)15-12(16-11)18-8-7-9-5-6-9/h9H,3-8H2,1-2H3. The molecular weight excluding hydrogens is 252 g/mol. The number of halogens is 1. The summed E-state index contributed by atoms with van der Waals surface area (Å²) in [7, 11) is 0. The summed E-state index contributed by atoms with van der Waals surface area (Å²) in [5, 5.41) is 0.188. The minimum absolute atomic E-state index is 0.188. The summed E-state index contributed by atoms with van der Waals surface area (Å²) < 4.78 is 5.54. The van der Waals surface area contributed by atoms with E-state index < -0.39 is 0 Å². The Hall–Kier alpha value is -1.10. The summed E-state index contributed by atoms with van der Waals surface area (Å²) in [5.41, 5.74) is 0. The summed E-state index contributed by atoms with van der Waals surface area (Å²) in [6.45, 7) is 6.42. The number of nitrogens with zero attached hydrogens (tertiary/aromatic N) is 4. The maximum Gasteiger partial charge on any atom is 0.322 e. The van der Waals surface area contributed by atoms with Crippen LogP contribution < -0.4 is 9.64 Å². The van der Waals surface area contributed by atoms with Crippen LogP contribution in [0.1, 0.15) is 33.1 Å². The normalized spacial score (nSPS) is 14.6. The molecule has 0 amide bonds. The highest BCUT2D eigenvalue weighted by molar-refractivity contribution is 6.28. The van der Waals surface area contributed by atoms with E-state index >= 15 is 0 Å². The molecule has 1 saturated carbocycles. The van der Waals surface area contributed by atoms with Gasteiger partial charge in [-0.3, -0.25) is 0 Å². The zero-order valence-electron chi connectivity index (χ0n) is 10.9. The molecule has 1 aromatic rings. The molecule has 0 aromatic carbocycles. The second-order valence-electron chi connectivity index (χ2n) is 4.44. The molecule has 2 rings (SSSR count). The molecule has 1 aliphatic carbocycles. The highest BCUT2D eigenvalue weighted by Crippen LogP contribution is 2.32. The number of rotatable bonds is 7. The maximum absolute atomic E-state index is 5.89. The van der Waals surface area contributed by atoms with Gasteiger partial charge in [-0.25, -0.2) is 0 Å². The molecule has 0 atom stereocenters. The highest BCUT2D eigenvalue weighted by atomic mass is 35.5. The average molecular weight is 271 g/mol. The lowest BCUT2D eigenvalue weighted by Gasteiger charge is -2.18. The van der Waals surface area contributed by atoms with Gasteiger partial charge in [-0.1, -0.05) is 12.8 Å². The summed E-state index contributed by atoms with van der Waals surface area (Å²) >= 11 is 5.89. The van der Waals surface area contributed by atoms with Gasteiger partial charge in [-0.15, -0.1) is 0 Å². The first-order chi connectivity index (χ1) is 8.72. The third kappa shape index (κ3) is 3.70. The van der Waals surface area contributed by atoms with E-state index in [0.29, 0.717) is 18.6 Å².